The van der Waals surface area contributed by atoms with Gasteiger partial charge in [0.1, 0.15) is 0 Å². The number of hydrogen-bond donors (Lipinski definition) is 0. The molecule has 3 nitrogen and oxygen atoms in total. The van der Waals surface area contributed by atoms with Gasteiger partial charge in [0.05, 0.1) is 22.9 Å². The molecule has 0 saturated heterocycles. The van der Waals surface area contributed by atoms with Crippen molar-refractivity contribution in [2.24, 2.45) is 0 Å². The molecule has 20 heavy (non-hydrogen) atoms. The maximum absolute atomic E-state index is 11.4. The number of pyridine rings is 1. The number of thioether (sulfide) groups is 1. The number of carbonyl (C=O) groups is 1. The van der Waals surface area contributed by atoms with Gasteiger partial charge < -0.3 is 4.74 Å². The molecule has 2 aromatic rings. The van der Waals surface area contributed by atoms with E-state index < -0.39 is 0 Å². The van der Waals surface area contributed by atoms with Crippen molar-refractivity contribution in [2.45, 2.75) is 32.7 Å². The van der Waals surface area contributed by atoms with Crippen LogP contribution in [0.25, 0.3) is 10.9 Å². The summed E-state index contributed by atoms with van der Waals surface area (Å²) in [6.07, 6.45) is 0. The van der Waals surface area contributed by atoms with Gasteiger partial charge in [0.2, 0.25) is 0 Å². The van der Waals surface area contributed by atoms with E-state index in [9.17, 15) is 4.79 Å². The van der Waals surface area contributed by atoms with Gasteiger partial charge in [-0.15, -0.1) is 0 Å². The van der Waals surface area contributed by atoms with Crippen LogP contribution in [0.3, 0.4) is 0 Å². The third-order valence-corrected chi connectivity index (χ3v) is 3.96. The smallest absolute Gasteiger partial charge is 0.316 e. The molecule has 0 amide bonds. The Kier molecular flexibility index (Phi) is 4.65. The molecule has 0 spiro atoms. The van der Waals surface area contributed by atoms with Crippen molar-refractivity contribution in [1.29, 1.82) is 0 Å². The Labute approximate surface area is 123 Å². The fraction of sp³-hybridized carbons (Fsp3) is 0.375. The zero-order chi connectivity index (χ0) is 14.7. The lowest BCUT2D eigenvalue weighted by Gasteiger charge is -2.09. The maximum atomic E-state index is 11.4. The Morgan fingerprint density at radius 2 is 1.95 bits per heavy atom. The molecule has 2 rings (SSSR count). The first kappa shape index (κ1) is 14.9. The van der Waals surface area contributed by atoms with Crippen LogP contribution in [-0.4, -0.2) is 23.3 Å². The second kappa shape index (κ2) is 6.27. The highest BCUT2D eigenvalue weighted by Gasteiger charge is 2.09. The largest absolute Gasteiger partial charge is 0.465 e. The zero-order valence-electron chi connectivity index (χ0n) is 12.3. The highest BCUT2D eigenvalue weighted by Crippen LogP contribution is 2.26. The molecule has 0 aliphatic heterocycles. The van der Waals surface area contributed by atoms with Gasteiger partial charge in [0, 0.05) is 5.39 Å². The number of nitrogens with zero attached hydrogens (tertiary/aromatic N) is 1. The zero-order valence-corrected chi connectivity index (χ0v) is 13.1. The number of esters is 1. The Balaban J connectivity index is 2.30. The standard InChI is InChI=1S/C16H19NO2S/c1-5-19-15(18)9-20-14-8-11(3)13-7-10(2)6-12(4)16(13)17-14/h6-8H,5,9H2,1-4H3. The number of benzene rings is 1. The van der Waals surface area contributed by atoms with Gasteiger partial charge in [-0.1, -0.05) is 23.4 Å². The third kappa shape index (κ3) is 3.31. The number of carbonyl (C=O) groups excluding carboxylic acids is 1. The number of rotatable bonds is 4. The lowest BCUT2D eigenvalue weighted by molar-refractivity contribution is -0.139. The fourth-order valence-electron chi connectivity index (χ4n) is 2.22. The molecule has 1 heterocycles. The monoisotopic (exact) mass is 289 g/mol. The highest BCUT2D eigenvalue weighted by molar-refractivity contribution is 7.99. The Bertz CT molecular complexity index is 652. The quantitative estimate of drug-likeness (QED) is 0.633. The fourth-order valence-corrected chi connectivity index (χ4v) is 2.99. The van der Waals surface area contributed by atoms with Gasteiger partial charge in [-0.2, -0.15) is 0 Å². The van der Waals surface area contributed by atoms with Gasteiger partial charge in [-0.3, -0.25) is 4.79 Å². The van der Waals surface area contributed by atoms with E-state index in [0.717, 1.165) is 10.5 Å². The van der Waals surface area contributed by atoms with E-state index in [4.69, 9.17) is 4.74 Å². The predicted octanol–water partition coefficient (Wildman–Crippen LogP) is 3.82. The second-order valence-corrected chi connectivity index (χ2v) is 5.84. The van der Waals surface area contributed by atoms with Gasteiger partial charge in [-0.05, 0) is 51.0 Å². The summed E-state index contributed by atoms with van der Waals surface area (Å²) < 4.78 is 4.93. The van der Waals surface area contributed by atoms with Crippen molar-refractivity contribution < 1.29 is 9.53 Å². The average molecular weight is 289 g/mol. The van der Waals surface area contributed by atoms with Crippen LogP contribution >= 0.6 is 11.8 Å². The lowest BCUT2D eigenvalue weighted by atomic mass is 10.0. The van der Waals surface area contributed by atoms with Gasteiger partial charge in [0.25, 0.3) is 0 Å². The first-order valence-corrected chi connectivity index (χ1v) is 7.67. The summed E-state index contributed by atoms with van der Waals surface area (Å²) >= 11 is 1.42. The van der Waals surface area contributed by atoms with Crippen LogP contribution in [0.5, 0.6) is 0 Å². The number of ether oxygens (including phenoxy) is 1. The molecule has 0 atom stereocenters. The summed E-state index contributed by atoms with van der Waals surface area (Å²) in [5, 5.41) is 2.05. The van der Waals surface area contributed by atoms with E-state index in [0.29, 0.717) is 12.4 Å². The summed E-state index contributed by atoms with van der Waals surface area (Å²) in [6.45, 7) is 8.48. The van der Waals surface area contributed by atoms with Crippen LogP contribution in [0, 0.1) is 20.8 Å². The molecule has 0 radical (unpaired) electrons. The predicted molar refractivity (Wildman–Crippen MR) is 83.3 cm³/mol. The average Bonchev–Trinajstić information content (AvgIpc) is 2.38. The minimum absolute atomic E-state index is 0.197. The summed E-state index contributed by atoms with van der Waals surface area (Å²) in [5.41, 5.74) is 4.61. The summed E-state index contributed by atoms with van der Waals surface area (Å²) in [5.74, 6) is 0.106. The minimum atomic E-state index is -0.197. The van der Waals surface area contributed by atoms with E-state index >= 15 is 0 Å². The van der Waals surface area contributed by atoms with Crippen LogP contribution in [0.15, 0.2) is 23.2 Å². The second-order valence-electron chi connectivity index (χ2n) is 4.85. The molecule has 0 unspecified atom stereocenters. The van der Waals surface area contributed by atoms with Crippen molar-refractivity contribution in [2.75, 3.05) is 12.4 Å². The van der Waals surface area contributed by atoms with Crippen molar-refractivity contribution in [3.8, 4) is 0 Å². The maximum Gasteiger partial charge on any atom is 0.316 e. The molecule has 0 fully saturated rings. The number of fused-ring (bicyclic) bond motifs is 1. The molecule has 0 N–H and O–H groups in total. The topological polar surface area (TPSA) is 39.2 Å². The lowest BCUT2D eigenvalue weighted by Crippen LogP contribution is -2.06. The van der Waals surface area contributed by atoms with Crippen molar-refractivity contribution in [1.82, 2.24) is 4.98 Å². The minimum Gasteiger partial charge on any atom is -0.465 e. The van der Waals surface area contributed by atoms with Crippen LogP contribution < -0.4 is 0 Å². The molecular weight excluding hydrogens is 270 g/mol. The number of hydrogen-bond acceptors (Lipinski definition) is 4. The molecule has 0 saturated carbocycles. The van der Waals surface area contributed by atoms with Crippen LogP contribution in [0.4, 0.5) is 0 Å². The normalized spacial score (nSPS) is 10.8. The number of aryl methyl sites for hydroxylation is 3. The highest BCUT2D eigenvalue weighted by atomic mass is 32.2. The van der Waals surface area contributed by atoms with E-state index in [1.165, 1.54) is 33.8 Å². The van der Waals surface area contributed by atoms with Crippen molar-refractivity contribution in [3.63, 3.8) is 0 Å². The van der Waals surface area contributed by atoms with Crippen LogP contribution in [0.1, 0.15) is 23.6 Å². The van der Waals surface area contributed by atoms with E-state index in [1.807, 2.05) is 13.0 Å². The van der Waals surface area contributed by atoms with Crippen LogP contribution in [-0.2, 0) is 9.53 Å². The number of aromatic nitrogens is 1. The first-order valence-electron chi connectivity index (χ1n) is 6.68. The molecular formula is C16H19NO2S. The van der Waals surface area contributed by atoms with Gasteiger partial charge in [0.15, 0.2) is 0 Å². The first-order chi connectivity index (χ1) is 9.51. The van der Waals surface area contributed by atoms with Gasteiger partial charge >= 0.3 is 5.97 Å². The molecule has 106 valence electrons. The van der Waals surface area contributed by atoms with Gasteiger partial charge in [-0.25, -0.2) is 4.98 Å². The SMILES string of the molecule is CCOC(=O)CSc1cc(C)c2cc(C)cc(C)c2n1. The van der Waals surface area contributed by atoms with Crippen molar-refractivity contribution in [3.05, 3.63) is 34.9 Å². The summed E-state index contributed by atoms with van der Waals surface area (Å²) in [4.78, 5) is 16.1. The molecule has 0 bridgehead atoms. The summed E-state index contributed by atoms with van der Waals surface area (Å²) in [6, 6.07) is 6.32. The van der Waals surface area contributed by atoms with E-state index in [1.54, 1.807) is 0 Å². The molecule has 0 aliphatic carbocycles. The van der Waals surface area contributed by atoms with E-state index in [-0.39, 0.29) is 5.97 Å². The van der Waals surface area contributed by atoms with Crippen molar-refractivity contribution >= 4 is 28.6 Å². The summed E-state index contributed by atoms with van der Waals surface area (Å²) in [7, 11) is 0. The molecule has 4 heteroatoms. The molecule has 1 aromatic heterocycles. The van der Waals surface area contributed by atoms with Crippen LogP contribution in [0.2, 0.25) is 0 Å². The Hall–Kier alpha value is -1.55. The van der Waals surface area contributed by atoms with E-state index in [2.05, 4.69) is 37.9 Å². The molecule has 1 aromatic carbocycles. The Morgan fingerprint density at radius 1 is 1.20 bits per heavy atom. The third-order valence-electron chi connectivity index (χ3n) is 3.07. The Morgan fingerprint density at radius 3 is 2.65 bits per heavy atom. The molecule has 0 aliphatic rings.